The van der Waals surface area contributed by atoms with Crippen molar-refractivity contribution in [2.24, 2.45) is 11.3 Å². The smallest absolute Gasteiger partial charge is 0.310 e. The minimum absolute atomic E-state index is 0.243. The standard InChI is InChI=1S/C12H17NO2/c14-11(15)9-2-3-10(6-9)13-7-12(8-13)4-1-5-12/h2-3,9-10H,1,4-8H2,(H,14,15). The summed E-state index contributed by atoms with van der Waals surface area (Å²) in [5, 5.41) is 8.89. The second-order valence-corrected chi connectivity index (χ2v) is 5.39. The van der Waals surface area contributed by atoms with Crippen LogP contribution in [0.25, 0.3) is 0 Å². The van der Waals surface area contributed by atoms with E-state index in [0.29, 0.717) is 11.5 Å². The van der Waals surface area contributed by atoms with Crippen LogP contribution in [0.15, 0.2) is 12.2 Å². The average Bonchev–Trinajstić information content (AvgIpc) is 2.47. The van der Waals surface area contributed by atoms with Crippen molar-refractivity contribution in [2.45, 2.75) is 31.7 Å². The van der Waals surface area contributed by atoms with Crippen LogP contribution in [-0.2, 0) is 4.79 Å². The van der Waals surface area contributed by atoms with E-state index in [1.54, 1.807) is 0 Å². The monoisotopic (exact) mass is 207 g/mol. The molecule has 2 fully saturated rings. The molecule has 0 aromatic carbocycles. The van der Waals surface area contributed by atoms with Gasteiger partial charge in [0.15, 0.2) is 0 Å². The number of aliphatic carboxylic acids is 1. The van der Waals surface area contributed by atoms with Gasteiger partial charge in [0.05, 0.1) is 5.92 Å². The Morgan fingerprint density at radius 3 is 2.53 bits per heavy atom. The second-order valence-electron chi connectivity index (χ2n) is 5.39. The van der Waals surface area contributed by atoms with E-state index in [0.717, 1.165) is 6.42 Å². The van der Waals surface area contributed by atoms with Gasteiger partial charge in [-0.1, -0.05) is 18.6 Å². The van der Waals surface area contributed by atoms with E-state index in [1.807, 2.05) is 6.08 Å². The number of hydrogen-bond acceptors (Lipinski definition) is 2. The largest absolute Gasteiger partial charge is 0.481 e. The van der Waals surface area contributed by atoms with E-state index < -0.39 is 5.97 Å². The molecular formula is C12H17NO2. The van der Waals surface area contributed by atoms with Gasteiger partial charge in [0.25, 0.3) is 0 Å². The van der Waals surface area contributed by atoms with Crippen molar-refractivity contribution < 1.29 is 9.90 Å². The number of carboxylic acids is 1. The fourth-order valence-corrected chi connectivity index (χ4v) is 3.18. The van der Waals surface area contributed by atoms with E-state index in [2.05, 4.69) is 11.0 Å². The molecule has 2 atom stereocenters. The Balaban J connectivity index is 1.54. The van der Waals surface area contributed by atoms with Crippen LogP contribution in [0.1, 0.15) is 25.7 Å². The molecule has 2 aliphatic carbocycles. The second kappa shape index (κ2) is 3.08. The number of carboxylic acid groups (broad SMARTS) is 1. The highest BCUT2D eigenvalue weighted by Gasteiger charge is 2.49. The van der Waals surface area contributed by atoms with Gasteiger partial charge in [0, 0.05) is 19.1 Å². The molecule has 2 unspecified atom stereocenters. The summed E-state index contributed by atoms with van der Waals surface area (Å²) >= 11 is 0. The van der Waals surface area contributed by atoms with Crippen LogP contribution >= 0.6 is 0 Å². The van der Waals surface area contributed by atoms with Crippen molar-refractivity contribution >= 4 is 5.97 Å². The lowest BCUT2D eigenvalue weighted by Crippen LogP contribution is -2.62. The van der Waals surface area contributed by atoms with E-state index in [1.165, 1.54) is 32.4 Å². The molecule has 0 bridgehead atoms. The molecule has 1 N–H and O–H groups in total. The molecule has 1 heterocycles. The molecule has 0 aromatic heterocycles. The maximum atomic E-state index is 10.8. The van der Waals surface area contributed by atoms with Gasteiger partial charge in [0.2, 0.25) is 0 Å². The molecule has 3 rings (SSSR count). The van der Waals surface area contributed by atoms with Gasteiger partial charge >= 0.3 is 5.97 Å². The topological polar surface area (TPSA) is 40.5 Å². The zero-order valence-electron chi connectivity index (χ0n) is 8.85. The minimum atomic E-state index is -0.673. The van der Waals surface area contributed by atoms with Crippen molar-refractivity contribution in [1.29, 1.82) is 0 Å². The summed E-state index contributed by atoms with van der Waals surface area (Å²) in [6, 6.07) is 0.400. The van der Waals surface area contributed by atoms with E-state index in [9.17, 15) is 4.79 Å². The van der Waals surface area contributed by atoms with Crippen molar-refractivity contribution in [1.82, 2.24) is 4.90 Å². The van der Waals surface area contributed by atoms with Gasteiger partial charge in [-0.3, -0.25) is 9.69 Å². The molecule has 1 saturated heterocycles. The summed E-state index contributed by atoms with van der Waals surface area (Å²) in [7, 11) is 0. The Labute approximate surface area is 89.8 Å². The minimum Gasteiger partial charge on any atom is -0.481 e. The lowest BCUT2D eigenvalue weighted by molar-refractivity contribution is -0.140. The first-order chi connectivity index (χ1) is 7.19. The van der Waals surface area contributed by atoms with Crippen LogP contribution in [0.3, 0.4) is 0 Å². The fourth-order valence-electron chi connectivity index (χ4n) is 3.18. The van der Waals surface area contributed by atoms with E-state index in [4.69, 9.17) is 5.11 Å². The zero-order valence-corrected chi connectivity index (χ0v) is 8.85. The molecule has 1 aliphatic heterocycles. The number of carbonyl (C=O) groups is 1. The summed E-state index contributed by atoms with van der Waals surface area (Å²) in [5.41, 5.74) is 0.648. The SMILES string of the molecule is O=C(O)C1C=CC(N2CC3(CCC3)C2)C1. The highest BCUT2D eigenvalue weighted by Crippen LogP contribution is 2.49. The van der Waals surface area contributed by atoms with Gasteiger partial charge < -0.3 is 5.11 Å². The maximum absolute atomic E-state index is 10.8. The van der Waals surface area contributed by atoms with Crippen LogP contribution in [0.2, 0.25) is 0 Å². The molecule has 1 spiro atoms. The molecule has 0 radical (unpaired) electrons. The summed E-state index contributed by atoms with van der Waals surface area (Å²) in [6.07, 6.45) is 8.91. The highest BCUT2D eigenvalue weighted by molar-refractivity contribution is 5.73. The molecule has 3 aliphatic rings. The molecular weight excluding hydrogens is 190 g/mol. The molecule has 1 saturated carbocycles. The van der Waals surface area contributed by atoms with Crippen molar-refractivity contribution in [2.75, 3.05) is 13.1 Å². The Bertz CT molecular complexity index is 312. The number of rotatable bonds is 2. The quantitative estimate of drug-likeness (QED) is 0.698. The van der Waals surface area contributed by atoms with Gasteiger partial charge in [-0.25, -0.2) is 0 Å². The van der Waals surface area contributed by atoms with Gasteiger partial charge in [-0.05, 0) is 24.7 Å². The van der Waals surface area contributed by atoms with Crippen LogP contribution in [0.4, 0.5) is 0 Å². The first kappa shape index (κ1) is 9.40. The van der Waals surface area contributed by atoms with Crippen LogP contribution < -0.4 is 0 Å². The van der Waals surface area contributed by atoms with Crippen molar-refractivity contribution in [3.8, 4) is 0 Å². The molecule has 3 heteroatoms. The van der Waals surface area contributed by atoms with Crippen molar-refractivity contribution in [3.05, 3.63) is 12.2 Å². The number of nitrogens with zero attached hydrogens (tertiary/aromatic N) is 1. The Hall–Kier alpha value is -0.830. The summed E-state index contributed by atoms with van der Waals surface area (Å²) < 4.78 is 0. The van der Waals surface area contributed by atoms with Gasteiger partial charge in [-0.15, -0.1) is 0 Å². The van der Waals surface area contributed by atoms with E-state index >= 15 is 0 Å². The highest BCUT2D eigenvalue weighted by atomic mass is 16.4. The normalized spacial score (nSPS) is 37.6. The third-order valence-corrected chi connectivity index (χ3v) is 4.34. The summed E-state index contributed by atoms with van der Waals surface area (Å²) in [5.74, 6) is -0.916. The number of hydrogen-bond donors (Lipinski definition) is 1. The Morgan fingerprint density at radius 1 is 1.33 bits per heavy atom. The first-order valence-electron chi connectivity index (χ1n) is 5.84. The van der Waals surface area contributed by atoms with Gasteiger partial charge in [-0.2, -0.15) is 0 Å². The van der Waals surface area contributed by atoms with Crippen molar-refractivity contribution in [3.63, 3.8) is 0 Å². The first-order valence-corrected chi connectivity index (χ1v) is 5.84. The lowest BCUT2D eigenvalue weighted by Gasteiger charge is -2.57. The zero-order chi connectivity index (χ0) is 10.5. The molecule has 15 heavy (non-hydrogen) atoms. The fraction of sp³-hybridized carbons (Fsp3) is 0.750. The number of likely N-dealkylation sites (tertiary alicyclic amines) is 1. The Kier molecular flexibility index (Phi) is 1.93. The predicted octanol–water partition coefficient (Wildman–Crippen LogP) is 1.50. The predicted molar refractivity (Wildman–Crippen MR) is 56.5 cm³/mol. The molecule has 0 amide bonds. The van der Waals surface area contributed by atoms with E-state index in [-0.39, 0.29) is 5.92 Å². The molecule has 0 aromatic rings. The van der Waals surface area contributed by atoms with Gasteiger partial charge in [0.1, 0.15) is 0 Å². The third kappa shape index (κ3) is 1.41. The summed E-state index contributed by atoms with van der Waals surface area (Å²) in [4.78, 5) is 13.2. The molecule has 82 valence electrons. The third-order valence-electron chi connectivity index (χ3n) is 4.34. The Morgan fingerprint density at radius 2 is 2.07 bits per heavy atom. The van der Waals surface area contributed by atoms with Crippen LogP contribution in [-0.4, -0.2) is 35.1 Å². The van der Waals surface area contributed by atoms with Crippen LogP contribution in [0.5, 0.6) is 0 Å². The van der Waals surface area contributed by atoms with Crippen LogP contribution in [0, 0.1) is 11.3 Å². The summed E-state index contributed by atoms with van der Waals surface area (Å²) in [6.45, 7) is 2.41. The average molecular weight is 207 g/mol. The maximum Gasteiger partial charge on any atom is 0.310 e. The molecule has 3 nitrogen and oxygen atoms in total. The lowest BCUT2D eigenvalue weighted by atomic mass is 9.63.